The second kappa shape index (κ2) is 9.28. The predicted molar refractivity (Wildman–Crippen MR) is 116 cm³/mol. The lowest BCUT2D eigenvalue weighted by molar-refractivity contribution is -0.105. The maximum atomic E-state index is 15.7. The van der Waals surface area contributed by atoms with Crippen molar-refractivity contribution in [3.8, 4) is 17.5 Å². The first kappa shape index (κ1) is 22.9. The Labute approximate surface area is 193 Å². The number of aromatic hydroxyl groups is 1. The highest BCUT2D eigenvalue weighted by Gasteiger charge is 2.46. The van der Waals surface area contributed by atoms with Gasteiger partial charge in [0.15, 0.2) is 5.82 Å². The van der Waals surface area contributed by atoms with Crippen LogP contribution in [0.25, 0.3) is 5.69 Å². The maximum absolute atomic E-state index is 15.7. The summed E-state index contributed by atoms with van der Waals surface area (Å²) in [6.07, 6.45) is 3.15. The van der Waals surface area contributed by atoms with Gasteiger partial charge in [-0.05, 0) is 24.1 Å². The molecular weight excluding hydrogens is 445 g/mol. The Morgan fingerprint density at radius 1 is 1.41 bits per heavy atom. The molecule has 4 N–H and O–H groups in total. The molecular formula is C21H22FN9O3. The van der Waals surface area contributed by atoms with Crippen molar-refractivity contribution in [1.29, 1.82) is 5.26 Å². The SMILES string of the molecule is N#CCC1(n2cc(C(N)=O)c(NC=O)n2)CCN(Cc2ccc(-n3nccn3)c(O)c2)CC1F. The van der Waals surface area contributed by atoms with Gasteiger partial charge in [-0.25, -0.2) is 4.39 Å². The lowest BCUT2D eigenvalue weighted by atomic mass is 9.83. The van der Waals surface area contributed by atoms with Crippen LogP contribution in [0.4, 0.5) is 10.2 Å². The molecule has 176 valence electrons. The summed E-state index contributed by atoms with van der Waals surface area (Å²) in [6, 6.07) is 7.07. The van der Waals surface area contributed by atoms with E-state index in [9.17, 15) is 20.0 Å². The van der Waals surface area contributed by atoms with Crippen LogP contribution < -0.4 is 11.1 Å². The van der Waals surface area contributed by atoms with Crippen molar-refractivity contribution in [3.63, 3.8) is 0 Å². The summed E-state index contributed by atoms with van der Waals surface area (Å²) in [6.45, 7) is 0.785. The molecule has 0 aliphatic carbocycles. The molecule has 0 bridgehead atoms. The Kier molecular flexibility index (Phi) is 6.24. The second-order valence-electron chi connectivity index (χ2n) is 8.00. The van der Waals surface area contributed by atoms with Gasteiger partial charge in [0.25, 0.3) is 5.91 Å². The monoisotopic (exact) mass is 467 g/mol. The zero-order valence-corrected chi connectivity index (χ0v) is 18.0. The van der Waals surface area contributed by atoms with Crippen LogP contribution in [0.1, 0.15) is 28.8 Å². The highest BCUT2D eigenvalue weighted by atomic mass is 19.1. The number of phenols is 1. The van der Waals surface area contributed by atoms with Gasteiger partial charge in [0.1, 0.15) is 28.7 Å². The van der Waals surface area contributed by atoms with Crippen molar-refractivity contribution < 1.29 is 19.1 Å². The molecule has 0 radical (unpaired) electrons. The van der Waals surface area contributed by atoms with Gasteiger partial charge in [-0.3, -0.25) is 19.2 Å². The first-order valence-corrected chi connectivity index (χ1v) is 10.4. The number of benzene rings is 1. The predicted octanol–water partition coefficient (Wildman–Crippen LogP) is 0.690. The summed E-state index contributed by atoms with van der Waals surface area (Å²) in [5, 5.41) is 34.2. The molecule has 3 aromatic rings. The van der Waals surface area contributed by atoms with Gasteiger partial charge in [0.05, 0.1) is 24.9 Å². The summed E-state index contributed by atoms with van der Waals surface area (Å²) in [5.41, 5.74) is 5.15. The Bertz CT molecular complexity index is 1240. The molecule has 0 saturated carbocycles. The van der Waals surface area contributed by atoms with Crippen molar-refractivity contribution in [3.05, 3.63) is 47.9 Å². The van der Waals surface area contributed by atoms with Crippen molar-refractivity contribution in [2.75, 3.05) is 18.4 Å². The minimum absolute atomic E-state index is 0.00683. The van der Waals surface area contributed by atoms with Crippen LogP contribution in [0.5, 0.6) is 5.75 Å². The van der Waals surface area contributed by atoms with E-state index in [0.717, 1.165) is 5.56 Å². The van der Waals surface area contributed by atoms with E-state index in [4.69, 9.17) is 5.73 Å². The summed E-state index contributed by atoms with van der Waals surface area (Å²) < 4.78 is 16.9. The van der Waals surface area contributed by atoms with Crippen molar-refractivity contribution in [2.24, 2.45) is 5.73 Å². The third kappa shape index (κ3) is 4.18. The minimum atomic E-state index is -1.51. The van der Waals surface area contributed by atoms with E-state index in [-0.39, 0.29) is 36.5 Å². The number of phenolic OH excluding ortho intramolecular Hbond substituents is 1. The van der Waals surface area contributed by atoms with E-state index in [2.05, 4.69) is 20.6 Å². The van der Waals surface area contributed by atoms with E-state index in [1.54, 1.807) is 18.2 Å². The summed E-state index contributed by atoms with van der Waals surface area (Å²) in [5.74, 6) is -0.923. The number of nitrogens with two attached hydrogens (primary N) is 1. The molecule has 2 atom stereocenters. The van der Waals surface area contributed by atoms with Crippen LogP contribution in [0, 0.1) is 11.3 Å². The summed E-state index contributed by atoms with van der Waals surface area (Å²) in [7, 11) is 0. The number of alkyl halides is 1. The fraction of sp³-hybridized carbons (Fsp3) is 0.333. The number of nitriles is 1. The molecule has 0 spiro atoms. The van der Waals surface area contributed by atoms with Gasteiger partial charge in [0, 0.05) is 25.8 Å². The van der Waals surface area contributed by atoms with Crippen LogP contribution in [-0.2, 0) is 16.9 Å². The number of carbonyl (C=O) groups excluding carboxylic acids is 2. The number of nitrogens with one attached hydrogen (secondary N) is 1. The van der Waals surface area contributed by atoms with Gasteiger partial charge < -0.3 is 16.2 Å². The number of amides is 2. The van der Waals surface area contributed by atoms with E-state index in [0.29, 0.717) is 25.2 Å². The summed E-state index contributed by atoms with van der Waals surface area (Å²) >= 11 is 0. The average molecular weight is 467 g/mol. The molecule has 2 amide bonds. The fourth-order valence-corrected chi connectivity index (χ4v) is 4.19. The number of likely N-dealkylation sites (tertiary alicyclic amines) is 1. The Balaban J connectivity index is 1.54. The second-order valence-corrected chi connectivity index (χ2v) is 8.00. The summed E-state index contributed by atoms with van der Waals surface area (Å²) in [4.78, 5) is 25.8. The third-order valence-electron chi connectivity index (χ3n) is 5.96. The number of rotatable bonds is 8. The van der Waals surface area contributed by atoms with Crippen molar-refractivity contribution >= 4 is 18.1 Å². The number of anilines is 1. The molecule has 1 aliphatic heterocycles. The largest absolute Gasteiger partial charge is 0.506 e. The van der Waals surface area contributed by atoms with Gasteiger partial charge in [0.2, 0.25) is 6.41 Å². The molecule has 13 heteroatoms. The number of nitrogens with zero attached hydrogens (tertiary/aromatic N) is 7. The zero-order chi connectivity index (χ0) is 24.3. The smallest absolute Gasteiger partial charge is 0.254 e. The number of carbonyl (C=O) groups is 2. The molecule has 2 aromatic heterocycles. The van der Waals surface area contributed by atoms with Crippen LogP contribution in [0.2, 0.25) is 0 Å². The molecule has 3 heterocycles. The maximum Gasteiger partial charge on any atom is 0.254 e. The normalized spacial score (nSPS) is 20.5. The average Bonchev–Trinajstić information content (AvgIpc) is 3.47. The lowest BCUT2D eigenvalue weighted by Crippen LogP contribution is -2.54. The molecule has 4 rings (SSSR count). The Morgan fingerprint density at radius 3 is 2.79 bits per heavy atom. The third-order valence-corrected chi connectivity index (χ3v) is 5.96. The van der Waals surface area contributed by atoms with Gasteiger partial charge in [-0.1, -0.05) is 6.07 Å². The first-order chi connectivity index (χ1) is 16.4. The van der Waals surface area contributed by atoms with E-state index in [1.165, 1.54) is 28.1 Å². The van der Waals surface area contributed by atoms with Crippen LogP contribution in [0.3, 0.4) is 0 Å². The molecule has 34 heavy (non-hydrogen) atoms. The number of aromatic nitrogens is 5. The highest BCUT2D eigenvalue weighted by molar-refractivity contribution is 5.99. The standard InChI is InChI=1S/C21H22FN9O3/c22-18-12-29(10-14-1-2-16(17(33)9-14)31-26-6-7-27-31)8-4-21(18,3-5-23)30-11-15(19(24)34)20(28-30)25-13-32/h1-2,6-7,9,11,13,18,33H,3-4,8,10,12H2,(H2,24,34)(H,25,28,32). The molecule has 1 aliphatic rings. The Morgan fingerprint density at radius 2 is 2.18 bits per heavy atom. The van der Waals surface area contributed by atoms with Crippen LogP contribution in [0.15, 0.2) is 36.8 Å². The first-order valence-electron chi connectivity index (χ1n) is 10.4. The molecule has 12 nitrogen and oxygen atoms in total. The molecule has 2 unspecified atom stereocenters. The fourth-order valence-electron chi connectivity index (χ4n) is 4.19. The zero-order valence-electron chi connectivity index (χ0n) is 18.0. The van der Waals surface area contributed by atoms with E-state index in [1.807, 2.05) is 11.0 Å². The molecule has 1 aromatic carbocycles. The molecule has 1 saturated heterocycles. The van der Waals surface area contributed by atoms with Crippen LogP contribution >= 0.6 is 0 Å². The van der Waals surface area contributed by atoms with E-state index >= 15 is 4.39 Å². The van der Waals surface area contributed by atoms with Crippen molar-refractivity contribution in [1.82, 2.24) is 29.7 Å². The van der Waals surface area contributed by atoms with Gasteiger partial charge >= 0.3 is 0 Å². The van der Waals surface area contributed by atoms with Crippen molar-refractivity contribution in [2.45, 2.75) is 31.1 Å². The lowest BCUT2D eigenvalue weighted by Gasteiger charge is -2.43. The topological polar surface area (TPSA) is 168 Å². The van der Waals surface area contributed by atoms with E-state index < -0.39 is 17.6 Å². The molecule has 1 fully saturated rings. The number of hydrogen-bond acceptors (Lipinski definition) is 8. The van der Waals surface area contributed by atoms with Gasteiger partial charge in [-0.2, -0.15) is 20.6 Å². The van der Waals surface area contributed by atoms with Crippen LogP contribution in [-0.4, -0.2) is 66.4 Å². The quantitative estimate of drug-likeness (QED) is 0.407. The van der Waals surface area contributed by atoms with Gasteiger partial charge in [-0.15, -0.1) is 4.80 Å². The Hall–Kier alpha value is -4.31. The highest BCUT2D eigenvalue weighted by Crippen LogP contribution is 2.37. The number of primary amides is 1. The number of halogens is 1. The number of piperidine rings is 1. The number of hydrogen-bond donors (Lipinski definition) is 3. The minimum Gasteiger partial charge on any atom is -0.506 e.